The quantitative estimate of drug-likeness (QED) is 0.344. The molecule has 3 aromatic rings. The molecule has 0 aliphatic heterocycles. The Morgan fingerprint density at radius 1 is 1.31 bits per heavy atom. The van der Waals surface area contributed by atoms with Gasteiger partial charge in [-0.05, 0) is 36.6 Å². The van der Waals surface area contributed by atoms with Gasteiger partial charge in [-0.15, -0.1) is 11.3 Å². The first-order valence-electron chi connectivity index (χ1n) is 10.3. The number of carboxylic acid groups (broad SMARTS) is 1. The van der Waals surface area contributed by atoms with E-state index >= 15 is 0 Å². The van der Waals surface area contributed by atoms with Gasteiger partial charge in [0.05, 0.1) is 24.1 Å². The van der Waals surface area contributed by atoms with Crippen LogP contribution in [0.4, 0.5) is 5.82 Å². The number of ether oxygens (including phenoxy) is 1. The monoisotopic (exact) mass is 480 g/mol. The highest BCUT2D eigenvalue weighted by Gasteiger charge is 2.12. The Hall–Kier alpha value is -2.46. The van der Waals surface area contributed by atoms with Crippen molar-refractivity contribution in [1.29, 1.82) is 0 Å². The summed E-state index contributed by atoms with van der Waals surface area (Å²) in [4.78, 5) is 22.2. The molecule has 0 fully saturated rings. The number of benzene rings is 1. The zero-order chi connectivity index (χ0) is 23.5. The maximum Gasteiger partial charge on any atom is 0.303 e. The number of hydrogen-bond acceptors (Lipinski definition) is 8. The number of carbonyl (C=O) groups is 1. The minimum Gasteiger partial charge on any atom is -0.495 e. The first-order valence-corrected chi connectivity index (χ1v) is 11.5. The summed E-state index contributed by atoms with van der Waals surface area (Å²) in [5, 5.41) is 21.5. The summed E-state index contributed by atoms with van der Waals surface area (Å²) in [5.41, 5.74) is 5.79. The van der Waals surface area contributed by atoms with Crippen LogP contribution in [-0.2, 0) is 24.2 Å². The molecule has 0 aliphatic carbocycles. The number of carboxylic acids is 1. The molecule has 8 nitrogen and oxygen atoms in total. The number of aliphatic hydroxyl groups is 1. The van der Waals surface area contributed by atoms with E-state index in [1.807, 2.05) is 18.2 Å². The van der Waals surface area contributed by atoms with Gasteiger partial charge >= 0.3 is 5.97 Å². The van der Waals surface area contributed by atoms with Crippen molar-refractivity contribution in [2.45, 2.75) is 39.2 Å². The largest absolute Gasteiger partial charge is 0.495 e. The van der Waals surface area contributed by atoms with Gasteiger partial charge in [-0.2, -0.15) is 0 Å². The zero-order valence-electron chi connectivity index (χ0n) is 18.2. The third-order valence-electron chi connectivity index (χ3n) is 4.43. The molecule has 3 rings (SSSR count). The number of thiophene rings is 1. The molecule has 32 heavy (non-hydrogen) atoms. The lowest BCUT2D eigenvalue weighted by Gasteiger charge is -2.10. The zero-order valence-corrected chi connectivity index (χ0v) is 19.8. The molecule has 174 valence electrons. The standard InChI is InChI=1S/C20H22ClN3O3S.C2H7NO/c1-3-13-10-14-19(22-11-12-7-8-16(27-2)15(21)9-12)23-17(24-20(14)28-13)5-4-6-18(25)26;3-1-2-4/h7-10H,3-6,11H2,1-2H3,(H,25,26)(H,22,23,24);4H,1-3H2. The SMILES string of the molecule is CCc1cc2c(NCc3ccc(OC)c(Cl)c3)nc(CCCC(=O)O)nc2s1.NCCO. The molecule has 0 atom stereocenters. The molecular weight excluding hydrogens is 452 g/mol. The number of nitrogens with zero attached hydrogens (tertiary/aromatic N) is 2. The number of aromatic nitrogens is 2. The van der Waals surface area contributed by atoms with Gasteiger partial charge in [-0.25, -0.2) is 9.97 Å². The second-order valence-corrected chi connectivity index (χ2v) is 8.38. The molecule has 1 aromatic carbocycles. The van der Waals surface area contributed by atoms with Crippen molar-refractivity contribution in [2.24, 2.45) is 5.73 Å². The van der Waals surface area contributed by atoms with Crippen LogP contribution in [0.3, 0.4) is 0 Å². The molecule has 0 unspecified atom stereocenters. The Bertz CT molecular complexity index is 1030. The summed E-state index contributed by atoms with van der Waals surface area (Å²) in [5.74, 6) is 1.26. The van der Waals surface area contributed by atoms with Crippen molar-refractivity contribution >= 4 is 44.9 Å². The molecule has 0 saturated carbocycles. The van der Waals surface area contributed by atoms with Gasteiger partial charge in [0.25, 0.3) is 0 Å². The fraction of sp³-hybridized carbons (Fsp3) is 0.409. The van der Waals surface area contributed by atoms with E-state index in [-0.39, 0.29) is 13.0 Å². The molecule has 2 aromatic heterocycles. The van der Waals surface area contributed by atoms with Crippen LogP contribution in [0.2, 0.25) is 5.02 Å². The number of nitrogens with one attached hydrogen (secondary N) is 1. The molecule has 5 N–H and O–H groups in total. The van der Waals surface area contributed by atoms with Crippen molar-refractivity contribution in [3.05, 3.63) is 45.6 Å². The second-order valence-electron chi connectivity index (χ2n) is 6.86. The summed E-state index contributed by atoms with van der Waals surface area (Å²) >= 11 is 7.86. The molecule has 0 bridgehead atoms. The van der Waals surface area contributed by atoms with Gasteiger partial charge in [-0.3, -0.25) is 4.79 Å². The van der Waals surface area contributed by atoms with Crippen molar-refractivity contribution in [3.63, 3.8) is 0 Å². The van der Waals surface area contributed by atoms with E-state index < -0.39 is 5.97 Å². The average Bonchev–Trinajstić information content (AvgIpc) is 3.21. The second kappa shape index (κ2) is 13.2. The predicted octanol–water partition coefficient (Wildman–Crippen LogP) is 3.87. The van der Waals surface area contributed by atoms with Crippen molar-refractivity contribution in [1.82, 2.24) is 9.97 Å². The highest BCUT2D eigenvalue weighted by atomic mass is 35.5. The molecule has 2 heterocycles. The van der Waals surface area contributed by atoms with E-state index in [0.717, 1.165) is 28.0 Å². The van der Waals surface area contributed by atoms with E-state index in [1.165, 1.54) is 4.88 Å². The van der Waals surface area contributed by atoms with Crippen LogP contribution >= 0.6 is 22.9 Å². The van der Waals surface area contributed by atoms with Crippen LogP contribution in [-0.4, -0.2) is 46.4 Å². The normalized spacial score (nSPS) is 10.5. The number of aliphatic carboxylic acids is 1. The fourth-order valence-corrected chi connectivity index (χ4v) is 4.11. The van der Waals surface area contributed by atoms with E-state index in [2.05, 4.69) is 28.3 Å². The minimum absolute atomic E-state index is 0.0972. The number of anilines is 1. The van der Waals surface area contributed by atoms with Gasteiger partial charge in [0.15, 0.2) is 0 Å². The van der Waals surface area contributed by atoms with Gasteiger partial charge in [0, 0.05) is 30.8 Å². The van der Waals surface area contributed by atoms with Crippen LogP contribution in [0.15, 0.2) is 24.3 Å². The van der Waals surface area contributed by atoms with E-state index in [1.54, 1.807) is 18.4 Å². The number of fused-ring (bicyclic) bond motifs is 1. The van der Waals surface area contributed by atoms with Gasteiger partial charge in [0.2, 0.25) is 0 Å². The molecule has 0 spiro atoms. The van der Waals surface area contributed by atoms with Crippen molar-refractivity contribution in [3.8, 4) is 5.75 Å². The summed E-state index contributed by atoms with van der Waals surface area (Å²) in [7, 11) is 1.59. The first-order chi connectivity index (χ1) is 15.4. The van der Waals surface area contributed by atoms with Crippen LogP contribution in [0.5, 0.6) is 5.75 Å². The van der Waals surface area contributed by atoms with E-state index in [0.29, 0.717) is 42.5 Å². The van der Waals surface area contributed by atoms with E-state index in [9.17, 15) is 4.79 Å². The highest BCUT2D eigenvalue weighted by molar-refractivity contribution is 7.18. The molecule has 0 radical (unpaired) electrons. The summed E-state index contributed by atoms with van der Waals surface area (Å²) in [6.45, 7) is 3.14. The first kappa shape index (κ1) is 25.8. The number of nitrogens with two attached hydrogens (primary N) is 1. The van der Waals surface area contributed by atoms with Crippen LogP contribution in [0.1, 0.15) is 36.0 Å². The molecule has 10 heteroatoms. The Morgan fingerprint density at radius 2 is 2.06 bits per heavy atom. The number of aryl methyl sites for hydroxylation is 2. The number of halogens is 1. The van der Waals surface area contributed by atoms with Crippen LogP contribution in [0.25, 0.3) is 10.2 Å². The maximum absolute atomic E-state index is 10.8. The Morgan fingerprint density at radius 3 is 2.66 bits per heavy atom. The van der Waals surface area contributed by atoms with Crippen LogP contribution < -0.4 is 15.8 Å². The lowest BCUT2D eigenvalue weighted by Crippen LogP contribution is -2.06. The van der Waals surface area contributed by atoms with Crippen molar-refractivity contribution in [2.75, 3.05) is 25.6 Å². The average molecular weight is 481 g/mol. The Kier molecular flexibility index (Phi) is 10.6. The van der Waals surface area contributed by atoms with Gasteiger partial charge < -0.3 is 26.0 Å². The third-order valence-corrected chi connectivity index (χ3v) is 5.90. The predicted molar refractivity (Wildman–Crippen MR) is 129 cm³/mol. The topological polar surface area (TPSA) is 131 Å². The summed E-state index contributed by atoms with van der Waals surface area (Å²) < 4.78 is 5.19. The van der Waals surface area contributed by atoms with Gasteiger partial charge in [-0.1, -0.05) is 24.6 Å². The number of rotatable bonds is 10. The van der Waals surface area contributed by atoms with Crippen LogP contribution in [0, 0.1) is 0 Å². The molecular formula is C22H29ClN4O4S. The Balaban J connectivity index is 0.000000837. The number of hydrogen-bond donors (Lipinski definition) is 4. The Labute approximate surface area is 196 Å². The lowest BCUT2D eigenvalue weighted by molar-refractivity contribution is -0.137. The molecule has 0 aliphatic rings. The minimum atomic E-state index is -0.805. The number of aliphatic hydroxyl groups excluding tert-OH is 1. The highest BCUT2D eigenvalue weighted by Crippen LogP contribution is 2.30. The number of methoxy groups -OCH3 is 1. The maximum atomic E-state index is 10.8. The third kappa shape index (κ3) is 7.59. The summed E-state index contributed by atoms with van der Waals surface area (Å²) in [6, 6.07) is 7.77. The lowest BCUT2D eigenvalue weighted by atomic mass is 10.2. The van der Waals surface area contributed by atoms with Gasteiger partial charge in [0.1, 0.15) is 22.2 Å². The van der Waals surface area contributed by atoms with E-state index in [4.69, 9.17) is 32.3 Å². The molecule has 0 amide bonds. The smallest absolute Gasteiger partial charge is 0.303 e. The molecule has 0 saturated heterocycles. The summed E-state index contributed by atoms with van der Waals surface area (Å²) in [6.07, 6.45) is 2.09. The van der Waals surface area contributed by atoms with Crippen molar-refractivity contribution < 1.29 is 19.7 Å². The fourth-order valence-electron chi connectivity index (χ4n) is 2.84.